The number of unbranched alkanes of at least 4 members (excludes halogenated alkanes) is 5. The molecule has 0 aliphatic rings. The minimum atomic E-state index is -0.413. The predicted octanol–water partition coefficient (Wildman–Crippen LogP) is 4.44. The molecule has 0 saturated carbocycles. The zero-order chi connectivity index (χ0) is 19.9. The standard InChI is InChI=1S/C20H34N2O4S/c1-4-6-7-8-9-10-12-19(23)22(13-11-14-25-3)15-18-21-17(16-27-18)20(24)26-5-2/h16H,4-15H2,1-3H3. The smallest absolute Gasteiger partial charge is 0.357 e. The van der Waals surface area contributed by atoms with Crippen LogP contribution in [0.5, 0.6) is 0 Å². The second-order valence-electron chi connectivity index (χ2n) is 6.53. The monoisotopic (exact) mass is 398 g/mol. The van der Waals surface area contributed by atoms with Gasteiger partial charge in [0.1, 0.15) is 5.01 Å². The van der Waals surface area contributed by atoms with Crippen molar-refractivity contribution in [2.24, 2.45) is 0 Å². The molecule has 0 aliphatic carbocycles. The van der Waals surface area contributed by atoms with E-state index in [1.165, 1.54) is 37.0 Å². The quantitative estimate of drug-likeness (QED) is 0.323. The van der Waals surface area contributed by atoms with Gasteiger partial charge < -0.3 is 14.4 Å². The number of aromatic nitrogens is 1. The van der Waals surface area contributed by atoms with Gasteiger partial charge in [-0.05, 0) is 19.8 Å². The molecule has 6 nitrogen and oxygen atoms in total. The van der Waals surface area contributed by atoms with E-state index in [4.69, 9.17) is 9.47 Å². The third kappa shape index (κ3) is 9.86. The van der Waals surface area contributed by atoms with Crippen molar-refractivity contribution in [1.29, 1.82) is 0 Å². The number of thiazole rings is 1. The van der Waals surface area contributed by atoms with Gasteiger partial charge in [-0.1, -0.05) is 39.0 Å². The lowest BCUT2D eigenvalue weighted by molar-refractivity contribution is -0.132. The number of rotatable bonds is 15. The van der Waals surface area contributed by atoms with Gasteiger partial charge in [-0.2, -0.15) is 0 Å². The second-order valence-corrected chi connectivity index (χ2v) is 7.47. The van der Waals surface area contributed by atoms with Gasteiger partial charge in [-0.25, -0.2) is 9.78 Å². The van der Waals surface area contributed by atoms with Crippen molar-refractivity contribution in [2.75, 3.05) is 26.9 Å². The molecule has 0 radical (unpaired) electrons. The molecule has 0 atom stereocenters. The Hall–Kier alpha value is -1.47. The molecule has 0 saturated heterocycles. The number of ether oxygens (including phenoxy) is 2. The predicted molar refractivity (Wildman–Crippen MR) is 108 cm³/mol. The number of carbonyl (C=O) groups excluding carboxylic acids is 2. The molecule has 1 rings (SSSR count). The van der Waals surface area contributed by atoms with Crippen LogP contribution in [0.25, 0.3) is 0 Å². The normalized spacial score (nSPS) is 10.8. The Kier molecular flexibility index (Phi) is 12.7. The highest BCUT2D eigenvalue weighted by Gasteiger charge is 2.17. The number of nitrogens with zero attached hydrogens (tertiary/aromatic N) is 2. The summed E-state index contributed by atoms with van der Waals surface area (Å²) in [6, 6.07) is 0. The molecule has 1 aromatic rings. The second kappa shape index (κ2) is 14.6. The highest BCUT2D eigenvalue weighted by atomic mass is 32.1. The molecule has 1 amide bonds. The summed E-state index contributed by atoms with van der Waals surface area (Å²) in [5.41, 5.74) is 0.317. The van der Waals surface area contributed by atoms with Crippen LogP contribution in [0.2, 0.25) is 0 Å². The number of hydrogen-bond acceptors (Lipinski definition) is 6. The van der Waals surface area contributed by atoms with Gasteiger partial charge in [0.05, 0.1) is 13.2 Å². The van der Waals surface area contributed by atoms with Crippen LogP contribution in [0.4, 0.5) is 0 Å². The van der Waals surface area contributed by atoms with E-state index < -0.39 is 5.97 Å². The Balaban J connectivity index is 2.54. The zero-order valence-electron chi connectivity index (χ0n) is 17.0. The SMILES string of the molecule is CCCCCCCCC(=O)N(CCCOC)Cc1nc(C(=O)OCC)cs1. The first-order valence-electron chi connectivity index (χ1n) is 10.0. The molecule has 154 valence electrons. The van der Waals surface area contributed by atoms with Gasteiger partial charge >= 0.3 is 5.97 Å². The van der Waals surface area contributed by atoms with Crippen LogP contribution >= 0.6 is 11.3 Å². The fraction of sp³-hybridized carbons (Fsp3) is 0.750. The van der Waals surface area contributed by atoms with E-state index >= 15 is 0 Å². The number of carbonyl (C=O) groups is 2. The highest BCUT2D eigenvalue weighted by molar-refractivity contribution is 7.09. The average Bonchev–Trinajstić information content (AvgIpc) is 3.12. The fourth-order valence-corrected chi connectivity index (χ4v) is 3.53. The minimum absolute atomic E-state index is 0.148. The van der Waals surface area contributed by atoms with Crippen molar-refractivity contribution in [3.63, 3.8) is 0 Å². The Morgan fingerprint density at radius 2 is 1.85 bits per heavy atom. The summed E-state index contributed by atoms with van der Waals surface area (Å²) >= 11 is 1.39. The molecule has 0 bridgehead atoms. The van der Waals surface area contributed by atoms with Crippen LogP contribution in [-0.4, -0.2) is 48.6 Å². The third-order valence-corrected chi connectivity index (χ3v) is 5.07. The Bertz CT molecular complexity index is 548. The summed E-state index contributed by atoms with van der Waals surface area (Å²) in [6.07, 6.45) is 8.32. The van der Waals surface area contributed by atoms with Crippen LogP contribution in [0.15, 0.2) is 5.38 Å². The molecule has 1 heterocycles. The molecule has 1 aromatic heterocycles. The van der Waals surface area contributed by atoms with Crippen molar-refractivity contribution in [1.82, 2.24) is 9.88 Å². The fourth-order valence-electron chi connectivity index (χ4n) is 2.75. The van der Waals surface area contributed by atoms with Crippen LogP contribution in [0.1, 0.15) is 80.7 Å². The number of amides is 1. The summed E-state index contributed by atoms with van der Waals surface area (Å²) in [5, 5.41) is 2.45. The van der Waals surface area contributed by atoms with E-state index in [1.807, 2.05) is 4.90 Å². The topological polar surface area (TPSA) is 68.7 Å². The molecule has 0 aromatic carbocycles. The van der Waals surface area contributed by atoms with E-state index in [0.29, 0.717) is 38.4 Å². The van der Waals surface area contributed by atoms with E-state index in [-0.39, 0.29) is 5.91 Å². The van der Waals surface area contributed by atoms with E-state index in [1.54, 1.807) is 19.4 Å². The summed E-state index contributed by atoms with van der Waals surface area (Å²) in [4.78, 5) is 30.6. The summed E-state index contributed by atoms with van der Waals surface area (Å²) in [7, 11) is 1.66. The van der Waals surface area contributed by atoms with Crippen molar-refractivity contribution < 1.29 is 19.1 Å². The summed E-state index contributed by atoms with van der Waals surface area (Å²) in [6.45, 7) is 5.98. The van der Waals surface area contributed by atoms with Crippen molar-refractivity contribution >= 4 is 23.2 Å². The zero-order valence-corrected chi connectivity index (χ0v) is 17.8. The van der Waals surface area contributed by atoms with Crippen LogP contribution in [0.3, 0.4) is 0 Å². The van der Waals surface area contributed by atoms with Gasteiger partial charge in [0.25, 0.3) is 0 Å². The van der Waals surface area contributed by atoms with Gasteiger partial charge in [0.15, 0.2) is 5.69 Å². The van der Waals surface area contributed by atoms with Crippen molar-refractivity contribution in [3.8, 4) is 0 Å². The van der Waals surface area contributed by atoms with Crippen LogP contribution < -0.4 is 0 Å². The molecule has 7 heteroatoms. The minimum Gasteiger partial charge on any atom is -0.461 e. The van der Waals surface area contributed by atoms with Crippen molar-refractivity contribution in [3.05, 3.63) is 16.1 Å². The molecule has 27 heavy (non-hydrogen) atoms. The Morgan fingerprint density at radius 3 is 2.56 bits per heavy atom. The lowest BCUT2D eigenvalue weighted by atomic mass is 10.1. The maximum atomic E-state index is 12.6. The number of esters is 1. The molecule has 0 N–H and O–H groups in total. The molecular formula is C20H34N2O4S. The van der Waals surface area contributed by atoms with Gasteiger partial charge in [-0.3, -0.25) is 4.79 Å². The van der Waals surface area contributed by atoms with Gasteiger partial charge in [0.2, 0.25) is 5.91 Å². The van der Waals surface area contributed by atoms with Crippen molar-refractivity contribution in [2.45, 2.75) is 71.8 Å². The molecular weight excluding hydrogens is 364 g/mol. The lowest BCUT2D eigenvalue weighted by Gasteiger charge is -2.21. The Labute approximate surface area is 167 Å². The van der Waals surface area contributed by atoms with E-state index in [9.17, 15) is 9.59 Å². The first-order chi connectivity index (χ1) is 13.1. The first kappa shape index (κ1) is 23.6. The molecule has 0 unspecified atom stereocenters. The molecule has 0 aliphatic heterocycles. The number of hydrogen-bond donors (Lipinski definition) is 0. The maximum absolute atomic E-state index is 12.6. The van der Waals surface area contributed by atoms with Crippen LogP contribution in [0, 0.1) is 0 Å². The maximum Gasteiger partial charge on any atom is 0.357 e. The third-order valence-electron chi connectivity index (χ3n) is 4.24. The summed E-state index contributed by atoms with van der Waals surface area (Å²) < 4.78 is 10.1. The average molecular weight is 399 g/mol. The lowest BCUT2D eigenvalue weighted by Crippen LogP contribution is -2.32. The largest absolute Gasteiger partial charge is 0.461 e. The van der Waals surface area contributed by atoms with E-state index in [0.717, 1.165) is 24.3 Å². The highest BCUT2D eigenvalue weighted by Crippen LogP contribution is 2.16. The molecule has 0 fully saturated rings. The Morgan fingerprint density at radius 1 is 1.11 bits per heavy atom. The van der Waals surface area contributed by atoms with Gasteiger partial charge in [0, 0.05) is 32.1 Å². The van der Waals surface area contributed by atoms with E-state index in [2.05, 4.69) is 11.9 Å². The van der Waals surface area contributed by atoms with Gasteiger partial charge in [-0.15, -0.1) is 11.3 Å². The van der Waals surface area contributed by atoms with Crippen LogP contribution in [-0.2, 0) is 20.8 Å². The first-order valence-corrected chi connectivity index (χ1v) is 10.9. The molecule has 0 spiro atoms. The summed E-state index contributed by atoms with van der Waals surface area (Å²) in [5.74, 6) is -0.265. The number of methoxy groups -OCH3 is 1.